The van der Waals surface area contributed by atoms with Crippen LogP contribution >= 0.6 is 0 Å². The Kier molecular flexibility index (Phi) is 4.45. The van der Waals surface area contributed by atoms with Crippen molar-refractivity contribution in [1.29, 1.82) is 0 Å². The van der Waals surface area contributed by atoms with Crippen molar-refractivity contribution < 1.29 is 28.8 Å². The molecule has 6 heteroatoms. The second-order valence-electron chi connectivity index (χ2n) is 6.58. The first-order valence-corrected chi connectivity index (χ1v) is 8.78. The molecule has 1 aliphatic rings. The summed E-state index contributed by atoms with van der Waals surface area (Å²) in [4.78, 5) is 0. The van der Waals surface area contributed by atoms with Crippen LogP contribution in [0.1, 0.15) is 29.4 Å². The summed E-state index contributed by atoms with van der Waals surface area (Å²) in [6.07, 6.45) is 0.601. The maximum Gasteiger partial charge on any atom is 0.203 e. The minimum absolute atomic E-state index is 0.174. The predicted molar refractivity (Wildman–Crippen MR) is 101 cm³/mol. The number of methoxy groups -OCH3 is 3. The Balaban J connectivity index is 2.07. The molecule has 2 N–H and O–H groups in total. The largest absolute Gasteiger partial charge is 0.493 e. The van der Waals surface area contributed by atoms with Gasteiger partial charge >= 0.3 is 0 Å². The number of hydrogen-bond acceptors (Lipinski definition) is 6. The van der Waals surface area contributed by atoms with Crippen molar-refractivity contribution in [3.8, 4) is 28.4 Å². The smallest absolute Gasteiger partial charge is 0.203 e. The number of ether oxygens (including phenoxy) is 3. The van der Waals surface area contributed by atoms with Crippen molar-refractivity contribution in [2.24, 2.45) is 0 Å². The van der Waals surface area contributed by atoms with Crippen LogP contribution in [-0.4, -0.2) is 31.5 Å². The lowest BCUT2D eigenvalue weighted by molar-refractivity contribution is 0.169. The number of benzene rings is 2. The van der Waals surface area contributed by atoms with Gasteiger partial charge in [-0.1, -0.05) is 0 Å². The molecular formula is C21H22O6. The summed E-state index contributed by atoms with van der Waals surface area (Å²) >= 11 is 0. The SMILES string of the molecule is COc1cc2c(c(OC)c1OC)-c1cc3cc(CO)oc3cc1C(O)CC2. The fourth-order valence-electron chi connectivity index (χ4n) is 3.87. The van der Waals surface area contributed by atoms with Crippen LogP contribution in [0.2, 0.25) is 0 Å². The fraction of sp³-hybridized carbons (Fsp3) is 0.333. The van der Waals surface area contributed by atoms with E-state index in [2.05, 4.69) is 0 Å². The summed E-state index contributed by atoms with van der Waals surface area (Å²) in [5.41, 5.74) is 4.18. The van der Waals surface area contributed by atoms with Gasteiger partial charge in [0, 0.05) is 10.9 Å². The Morgan fingerprint density at radius 2 is 1.81 bits per heavy atom. The first kappa shape index (κ1) is 17.7. The first-order valence-electron chi connectivity index (χ1n) is 8.78. The molecule has 6 nitrogen and oxygen atoms in total. The van der Waals surface area contributed by atoms with Crippen molar-refractivity contribution in [3.63, 3.8) is 0 Å². The van der Waals surface area contributed by atoms with Gasteiger partial charge in [0.15, 0.2) is 11.5 Å². The number of aliphatic hydroxyl groups excluding tert-OH is 2. The molecule has 0 fully saturated rings. The topological polar surface area (TPSA) is 81.3 Å². The molecule has 27 heavy (non-hydrogen) atoms. The van der Waals surface area contributed by atoms with Crippen molar-refractivity contribution in [3.05, 3.63) is 41.2 Å². The molecule has 0 bridgehead atoms. The molecule has 1 aromatic heterocycles. The molecule has 0 saturated carbocycles. The summed E-state index contributed by atoms with van der Waals surface area (Å²) in [5.74, 6) is 2.17. The zero-order chi connectivity index (χ0) is 19.1. The molecule has 1 unspecified atom stereocenters. The Morgan fingerprint density at radius 1 is 1.04 bits per heavy atom. The Bertz CT molecular complexity index is 1000. The maximum absolute atomic E-state index is 10.8. The highest BCUT2D eigenvalue weighted by atomic mass is 16.5. The Labute approximate surface area is 156 Å². The van der Waals surface area contributed by atoms with Crippen molar-refractivity contribution in [1.82, 2.24) is 0 Å². The Morgan fingerprint density at radius 3 is 2.48 bits per heavy atom. The molecule has 0 amide bonds. The van der Waals surface area contributed by atoms with Crippen molar-refractivity contribution >= 4 is 11.0 Å². The third-order valence-corrected chi connectivity index (χ3v) is 5.12. The standard InChI is InChI=1S/C21H22O6/c1-24-18-8-11-4-5-16(23)14-9-17-12(6-13(10-22)27-17)7-15(14)19(11)21(26-3)20(18)25-2/h6-9,16,22-23H,4-5,10H2,1-3H3. The second kappa shape index (κ2) is 6.79. The lowest BCUT2D eigenvalue weighted by Crippen LogP contribution is -2.00. The van der Waals surface area contributed by atoms with Crippen molar-refractivity contribution in [2.75, 3.05) is 21.3 Å². The molecule has 1 aliphatic carbocycles. The first-order chi connectivity index (χ1) is 13.1. The number of hydrogen-bond donors (Lipinski definition) is 2. The lowest BCUT2D eigenvalue weighted by atomic mass is 9.93. The molecule has 3 aromatic rings. The summed E-state index contributed by atoms with van der Waals surface area (Å²) in [6.45, 7) is -0.174. The molecule has 4 rings (SSSR count). The predicted octanol–water partition coefficient (Wildman–Crippen LogP) is 3.60. The average molecular weight is 370 g/mol. The van der Waals surface area contributed by atoms with Crippen LogP contribution in [0.25, 0.3) is 22.1 Å². The quantitative estimate of drug-likeness (QED) is 0.730. The Hall–Kier alpha value is -2.70. The highest BCUT2D eigenvalue weighted by molar-refractivity contribution is 5.91. The van der Waals surface area contributed by atoms with Crippen LogP contribution in [0.5, 0.6) is 17.2 Å². The number of fused-ring (bicyclic) bond motifs is 4. The fourth-order valence-corrected chi connectivity index (χ4v) is 3.87. The van der Waals surface area contributed by atoms with E-state index in [1.165, 1.54) is 0 Å². The van der Waals surface area contributed by atoms with E-state index in [0.29, 0.717) is 41.4 Å². The third kappa shape index (κ3) is 2.72. The van der Waals surface area contributed by atoms with Crippen LogP contribution in [0, 0.1) is 0 Å². The van der Waals surface area contributed by atoms with E-state index in [9.17, 15) is 10.2 Å². The molecule has 142 valence electrons. The van der Waals surface area contributed by atoms with Gasteiger partial charge in [0.1, 0.15) is 18.0 Å². The molecule has 1 atom stereocenters. The van der Waals surface area contributed by atoms with Crippen LogP contribution in [0.15, 0.2) is 28.7 Å². The van der Waals surface area contributed by atoms with Gasteiger partial charge < -0.3 is 28.8 Å². The van der Waals surface area contributed by atoms with E-state index in [1.54, 1.807) is 27.4 Å². The van der Waals surface area contributed by atoms with E-state index < -0.39 is 6.10 Å². The van der Waals surface area contributed by atoms with Gasteiger partial charge in [0.2, 0.25) is 5.75 Å². The zero-order valence-electron chi connectivity index (χ0n) is 15.5. The minimum atomic E-state index is -0.638. The number of aryl methyl sites for hydroxylation is 1. The van der Waals surface area contributed by atoms with E-state index in [-0.39, 0.29) is 6.61 Å². The van der Waals surface area contributed by atoms with Gasteiger partial charge in [-0.2, -0.15) is 0 Å². The molecule has 0 aliphatic heterocycles. The summed E-state index contributed by atoms with van der Waals surface area (Å²) in [5, 5.41) is 21.0. The molecule has 0 radical (unpaired) electrons. The monoisotopic (exact) mass is 370 g/mol. The van der Waals surface area contributed by atoms with Gasteiger partial charge in [-0.05, 0) is 53.8 Å². The zero-order valence-corrected chi connectivity index (χ0v) is 15.5. The molecule has 1 heterocycles. The average Bonchev–Trinajstić information content (AvgIpc) is 3.05. The molecule has 0 spiro atoms. The third-order valence-electron chi connectivity index (χ3n) is 5.12. The summed E-state index contributed by atoms with van der Waals surface area (Å²) in [7, 11) is 4.76. The van der Waals surface area contributed by atoms with Crippen LogP contribution in [-0.2, 0) is 13.0 Å². The summed E-state index contributed by atoms with van der Waals surface area (Å²) < 4.78 is 22.4. The number of aliphatic hydroxyl groups is 2. The second-order valence-corrected chi connectivity index (χ2v) is 6.58. The van der Waals surface area contributed by atoms with Crippen molar-refractivity contribution in [2.45, 2.75) is 25.6 Å². The highest BCUT2D eigenvalue weighted by Gasteiger charge is 2.29. The van der Waals surface area contributed by atoms with Gasteiger partial charge in [0.05, 0.1) is 27.4 Å². The number of furan rings is 1. The van der Waals surface area contributed by atoms with Crippen LogP contribution in [0.4, 0.5) is 0 Å². The van der Waals surface area contributed by atoms with E-state index in [4.69, 9.17) is 18.6 Å². The molecular weight excluding hydrogens is 348 g/mol. The van der Waals surface area contributed by atoms with E-state index in [1.807, 2.05) is 18.2 Å². The van der Waals surface area contributed by atoms with Gasteiger partial charge in [-0.15, -0.1) is 0 Å². The normalized spacial score (nSPS) is 15.8. The maximum atomic E-state index is 10.8. The van der Waals surface area contributed by atoms with E-state index >= 15 is 0 Å². The molecule has 2 aromatic carbocycles. The molecule has 0 saturated heterocycles. The van der Waals surface area contributed by atoms with Gasteiger partial charge in [-0.3, -0.25) is 0 Å². The lowest BCUT2D eigenvalue weighted by Gasteiger charge is -2.19. The van der Waals surface area contributed by atoms with Gasteiger partial charge in [-0.25, -0.2) is 0 Å². The minimum Gasteiger partial charge on any atom is -0.493 e. The number of rotatable bonds is 4. The van der Waals surface area contributed by atoms with Crippen LogP contribution in [0.3, 0.4) is 0 Å². The van der Waals surface area contributed by atoms with E-state index in [0.717, 1.165) is 27.6 Å². The summed E-state index contributed by atoms with van der Waals surface area (Å²) in [6, 6.07) is 7.56. The van der Waals surface area contributed by atoms with Gasteiger partial charge in [0.25, 0.3) is 0 Å². The van der Waals surface area contributed by atoms with Crippen LogP contribution < -0.4 is 14.2 Å². The highest BCUT2D eigenvalue weighted by Crippen LogP contribution is 2.51.